The molecule has 0 spiro atoms. The number of nitrogens with zero attached hydrogens (tertiary/aromatic N) is 1. The lowest BCUT2D eigenvalue weighted by atomic mass is 9.97. The van der Waals surface area contributed by atoms with E-state index in [2.05, 4.69) is 54.0 Å². The molecular weight excluding hydrogens is 354 g/mol. The van der Waals surface area contributed by atoms with Crippen LogP contribution in [0.15, 0.2) is 71.3 Å². The normalized spacial score (nSPS) is 13.4. The Labute approximate surface area is 174 Å². The molecule has 2 nitrogen and oxygen atoms in total. The monoisotopic (exact) mass is 382 g/mol. The molecule has 2 heteroatoms. The van der Waals surface area contributed by atoms with Gasteiger partial charge < -0.3 is 4.42 Å². The van der Waals surface area contributed by atoms with Gasteiger partial charge in [-0.2, -0.15) is 0 Å². The Morgan fingerprint density at radius 1 is 0.931 bits per heavy atom. The molecule has 0 unspecified atom stereocenters. The van der Waals surface area contributed by atoms with Crippen LogP contribution in [0.1, 0.15) is 27.7 Å². The molecule has 0 saturated carbocycles. The molecule has 0 saturated heterocycles. The van der Waals surface area contributed by atoms with E-state index in [9.17, 15) is 0 Å². The maximum absolute atomic E-state index is 8.54. The van der Waals surface area contributed by atoms with Gasteiger partial charge in [0.2, 0.25) is 5.69 Å². The van der Waals surface area contributed by atoms with Crippen LogP contribution in [-0.2, 0) is 13.4 Å². The zero-order valence-electron chi connectivity index (χ0n) is 19.3. The first-order valence-corrected chi connectivity index (χ1v) is 10.1. The highest BCUT2D eigenvalue weighted by Crippen LogP contribution is 2.36. The van der Waals surface area contributed by atoms with Crippen molar-refractivity contribution in [1.29, 1.82) is 0 Å². The van der Waals surface area contributed by atoms with Gasteiger partial charge in [-0.25, -0.2) is 4.57 Å². The predicted octanol–water partition coefficient (Wildman–Crippen LogP) is 6.74. The summed E-state index contributed by atoms with van der Waals surface area (Å²) >= 11 is 0. The highest BCUT2D eigenvalue weighted by atomic mass is 16.3. The molecule has 29 heavy (non-hydrogen) atoms. The van der Waals surface area contributed by atoms with Crippen LogP contribution in [0.25, 0.3) is 44.0 Å². The molecular formula is C27H26NO+. The maximum Gasteiger partial charge on any atom is 0.212 e. The van der Waals surface area contributed by atoms with Crippen molar-refractivity contribution in [3.63, 3.8) is 0 Å². The van der Waals surface area contributed by atoms with E-state index in [1.165, 1.54) is 10.8 Å². The fourth-order valence-electron chi connectivity index (χ4n) is 4.15. The Kier molecular flexibility index (Phi) is 3.66. The van der Waals surface area contributed by atoms with Gasteiger partial charge in [0.05, 0.1) is 0 Å². The molecule has 2 heterocycles. The molecule has 5 aromatic rings. The molecule has 2 aromatic heterocycles. The average Bonchev–Trinajstić information content (AvgIpc) is 3.07. The van der Waals surface area contributed by atoms with Crippen molar-refractivity contribution in [2.45, 2.75) is 27.1 Å². The molecule has 144 valence electrons. The molecule has 0 amide bonds. The SMILES string of the molecule is [2H]C([2H])(c1cc[n+](C)c(-c2cc3c(cc2C)oc2cc4ccccc4cc23)c1)C(C)C. The lowest BCUT2D eigenvalue weighted by molar-refractivity contribution is -0.660. The van der Waals surface area contributed by atoms with E-state index in [4.69, 9.17) is 7.16 Å². The molecule has 0 radical (unpaired) electrons. The fraction of sp³-hybridized carbons (Fsp3) is 0.222. The van der Waals surface area contributed by atoms with E-state index in [-0.39, 0.29) is 5.92 Å². The Morgan fingerprint density at radius 2 is 1.62 bits per heavy atom. The van der Waals surface area contributed by atoms with Crippen LogP contribution in [0, 0.1) is 12.8 Å². The van der Waals surface area contributed by atoms with Crippen molar-refractivity contribution in [1.82, 2.24) is 0 Å². The molecule has 0 atom stereocenters. The van der Waals surface area contributed by atoms with Gasteiger partial charge in [0.1, 0.15) is 18.2 Å². The standard InChI is InChI=1S/C27H26NO/c1-17(2)11-19-9-10-28(4)25(13-19)22-16-24-23-14-20-7-5-6-8-21(20)15-27(23)29-26(24)12-18(22)3/h5-10,12-17H,11H2,1-4H3/q+1/i11D2. The van der Waals surface area contributed by atoms with Crippen LogP contribution in [0.3, 0.4) is 0 Å². The van der Waals surface area contributed by atoms with E-state index in [0.717, 1.165) is 38.8 Å². The van der Waals surface area contributed by atoms with E-state index in [0.29, 0.717) is 5.56 Å². The average molecular weight is 383 g/mol. The maximum atomic E-state index is 8.54. The minimum Gasteiger partial charge on any atom is -0.456 e. The number of rotatable bonds is 3. The summed E-state index contributed by atoms with van der Waals surface area (Å²) in [5, 5.41) is 4.54. The summed E-state index contributed by atoms with van der Waals surface area (Å²) in [6.45, 7) is 5.93. The van der Waals surface area contributed by atoms with Crippen LogP contribution < -0.4 is 4.57 Å². The van der Waals surface area contributed by atoms with Gasteiger partial charge in [-0.3, -0.25) is 0 Å². The first-order valence-electron chi connectivity index (χ1n) is 11.1. The molecule has 3 aromatic carbocycles. The second kappa shape index (κ2) is 6.73. The van der Waals surface area contributed by atoms with Crippen molar-refractivity contribution in [2.24, 2.45) is 13.0 Å². The van der Waals surface area contributed by atoms with Gasteiger partial charge in [-0.05, 0) is 65.4 Å². The molecule has 0 bridgehead atoms. The minimum absolute atomic E-state index is 0.109. The first-order chi connectivity index (χ1) is 14.8. The van der Waals surface area contributed by atoms with Crippen molar-refractivity contribution in [3.8, 4) is 11.3 Å². The smallest absolute Gasteiger partial charge is 0.212 e. The second-order valence-corrected chi connectivity index (χ2v) is 8.17. The van der Waals surface area contributed by atoms with Crippen LogP contribution in [-0.4, -0.2) is 0 Å². The summed E-state index contributed by atoms with van der Waals surface area (Å²) < 4.78 is 25.3. The van der Waals surface area contributed by atoms with E-state index >= 15 is 0 Å². The number of benzene rings is 3. The van der Waals surface area contributed by atoms with Gasteiger partial charge >= 0.3 is 0 Å². The third kappa shape index (κ3) is 3.09. The topological polar surface area (TPSA) is 17.0 Å². The highest BCUT2D eigenvalue weighted by molar-refractivity contribution is 6.11. The number of fused-ring (bicyclic) bond motifs is 4. The predicted molar refractivity (Wildman–Crippen MR) is 121 cm³/mol. The summed E-state index contributed by atoms with van der Waals surface area (Å²) in [6, 6.07) is 20.8. The quantitative estimate of drug-likeness (QED) is 0.316. The van der Waals surface area contributed by atoms with Crippen molar-refractivity contribution < 1.29 is 11.7 Å². The van der Waals surface area contributed by atoms with Crippen molar-refractivity contribution >= 4 is 32.7 Å². The summed E-state index contributed by atoms with van der Waals surface area (Å²) in [6.07, 6.45) is 0.567. The van der Waals surface area contributed by atoms with Crippen molar-refractivity contribution in [2.75, 3.05) is 0 Å². The van der Waals surface area contributed by atoms with Gasteiger partial charge in [0.15, 0.2) is 6.20 Å². The van der Waals surface area contributed by atoms with Crippen molar-refractivity contribution in [3.05, 3.63) is 78.0 Å². The summed E-state index contributed by atoms with van der Waals surface area (Å²) in [5.41, 5.74) is 5.67. The molecule has 0 N–H and O–H groups in total. The van der Waals surface area contributed by atoms with E-state index < -0.39 is 6.37 Å². The number of hydrogen-bond donors (Lipinski definition) is 0. The summed E-state index contributed by atoms with van der Waals surface area (Å²) in [7, 11) is 2.01. The van der Waals surface area contributed by atoms with Crippen LogP contribution in [0.4, 0.5) is 0 Å². The van der Waals surface area contributed by atoms with E-state index in [1.54, 1.807) is 0 Å². The number of hydrogen-bond acceptors (Lipinski definition) is 1. The van der Waals surface area contributed by atoms with E-state index in [1.807, 2.05) is 45.3 Å². The van der Waals surface area contributed by atoms with Gasteiger partial charge in [-0.1, -0.05) is 38.1 Å². The van der Waals surface area contributed by atoms with Gasteiger partial charge in [0.25, 0.3) is 0 Å². The highest BCUT2D eigenvalue weighted by Gasteiger charge is 2.18. The zero-order valence-corrected chi connectivity index (χ0v) is 17.3. The molecule has 0 aliphatic heterocycles. The molecule has 0 aliphatic carbocycles. The lowest BCUT2D eigenvalue weighted by Crippen LogP contribution is -2.30. The fourth-order valence-corrected chi connectivity index (χ4v) is 4.15. The zero-order chi connectivity index (χ0) is 21.9. The molecule has 0 aliphatic rings. The van der Waals surface area contributed by atoms with Gasteiger partial charge in [0, 0.05) is 31.2 Å². The number of pyridine rings is 1. The third-order valence-electron chi connectivity index (χ3n) is 5.57. The Bertz CT molecular complexity index is 1460. The number of furan rings is 1. The minimum atomic E-state index is -1.39. The van der Waals surface area contributed by atoms with Gasteiger partial charge in [-0.15, -0.1) is 0 Å². The number of aryl methyl sites for hydroxylation is 2. The van der Waals surface area contributed by atoms with Crippen LogP contribution in [0.5, 0.6) is 0 Å². The third-order valence-corrected chi connectivity index (χ3v) is 5.57. The largest absolute Gasteiger partial charge is 0.456 e. The first kappa shape index (κ1) is 15.8. The lowest BCUT2D eigenvalue weighted by Gasteiger charge is -2.08. The Morgan fingerprint density at radius 3 is 2.38 bits per heavy atom. The molecule has 0 fully saturated rings. The van der Waals surface area contributed by atoms with Crippen LogP contribution in [0.2, 0.25) is 0 Å². The number of aromatic nitrogens is 1. The van der Waals surface area contributed by atoms with Crippen LogP contribution >= 0.6 is 0 Å². The summed E-state index contributed by atoms with van der Waals surface area (Å²) in [5.74, 6) is -0.109. The Balaban J connectivity index is 1.76. The summed E-state index contributed by atoms with van der Waals surface area (Å²) in [4.78, 5) is 0. The second-order valence-electron chi connectivity index (χ2n) is 8.17. The molecule has 5 rings (SSSR count). The Hall–Kier alpha value is -3.13.